The number of hydrogen-bond donors (Lipinski definition) is 3. The van der Waals surface area contributed by atoms with E-state index in [0.29, 0.717) is 25.1 Å². The van der Waals surface area contributed by atoms with Crippen LogP contribution in [0.4, 0.5) is 0 Å². The first-order valence-electron chi connectivity index (χ1n) is 7.99. The number of rotatable bonds is 8. The van der Waals surface area contributed by atoms with Crippen LogP contribution < -0.4 is 4.74 Å². The number of aliphatic hydroxyl groups excluding tert-OH is 1. The minimum atomic E-state index is -0.576. The maximum absolute atomic E-state index is 9.92. The lowest BCUT2D eigenvalue weighted by Crippen LogP contribution is -2.30. The predicted octanol–water partition coefficient (Wildman–Crippen LogP) is 2.18. The van der Waals surface area contributed by atoms with Gasteiger partial charge in [0.15, 0.2) is 0 Å². The molecule has 0 amide bonds. The number of aryl methyl sites for hydroxylation is 2. The lowest BCUT2D eigenvalue weighted by Gasteiger charge is -2.18. The third kappa shape index (κ3) is 5.76. The molecule has 0 aromatic heterocycles. The molecule has 0 radical (unpaired) electrons. The summed E-state index contributed by atoms with van der Waals surface area (Å²) in [5, 5.41) is 29.2. The Hall–Kier alpha value is -2.24. The highest BCUT2D eigenvalue weighted by Gasteiger charge is 2.10. The van der Waals surface area contributed by atoms with Crippen molar-refractivity contribution in [3.8, 4) is 17.2 Å². The molecular weight excluding hydrogens is 306 g/mol. The van der Waals surface area contributed by atoms with Crippen LogP contribution in [0.2, 0.25) is 0 Å². The van der Waals surface area contributed by atoms with Crippen molar-refractivity contribution in [2.75, 3.05) is 27.2 Å². The molecule has 1 atom stereocenters. The van der Waals surface area contributed by atoms with Crippen LogP contribution in [0.25, 0.3) is 0 Å². The summed E-state index contributed by atoms with van der Waals surface area (Å²) in [5.41, 5.74) is 1.88. The summed E-state index contributed by atoms with van der Waals surface area (Å²) in [5.74, 6) is 1.08. The molecule has 3 N–H and O–H groups in total. The van der Waals surface area contributed by atoms with Crippen molar-refractivity contribution in [1.29, 1.82) is 0 Å². The molecule has 2 aromatic carbocycles. The average molecular weight is 331 g/mol. The van der Waals surface area contributed by atoms with Gasteiger partial charge in [0.25, 0.3) is 0 Å². The Morgan fingerprint density at radius 1 is 1.00 bits per heavy atom. The largest absolute Gasteiger partial charge is 0.508 e. The molecule has 0 saturated carbocycles. The first-order valence-corrected chi connectivity index (χ1v) is 7.99. The van der Waals surface area contributed by atoms with E-state index in [4.69, 9.17) is 4.74 Å². The molecule has 2 aromatic rings. The zero-order chi connectivity index (χ0) is 17.5. The minimum absolute atomic E-state index is 0.182. The molecule has 0 spiro atoms. The SMILES string of the molecule is CN(C)C[C@H](O)COc1ccc(O)cc1CCc1cccc(O)c1. The third-order valence-electron chi connectivity index (χ3n) is 3.64. The number of aromatic hydroxyl groups is 2. The van der Waals surface area contributed by atoms with E-state index in [9.17, 15) is 15.3 Å². The number of likely N-dealkylation sites (N-methyl/N-ethyl adjacent to an activating group) is 1. The van der Waals surface area contributed by atoms with E-state index in [1.807, 2.05) is 31.1 Å². The summed E-state index contributed by atoms with van der Waals surface area (Å²) in [6.07, 6.45) is 0.804. The molecule has 5 heteroatoms. The van der Waals surface area contributed by atoms with Gasteiger partial charge < -0.3 is 25.0 Å². The fourth-order valence-electron chi connectivity index (χ4n) is 2.55. The first-order chi connectivity index (χ1) is 11.4. The molecule has 0 aliphatic heterocycles. The fourth-order valence-corrected chi connectivity index (χ4v) is 2.55. The summed E-state index contributed by atoms with van der Waals surface area (Å²) in [7, 11) is 3.79. The van der Waals surface area contributed by atoms with Gasteiger partial charge in [-0.3, -0.25) is 0 Å². The summed E-state index contributed by atoms with van der Waals surface area (Å²) < 4.78 is 5.73. The molecular formula is C19H25NO4. The topological polar surface area (TPSA) is 73.2 Å². The van der Waals surface area contributed by atoms with Crippen LogP contribution >= 0.6 is 0 Å². The third-order valence-corrected chi connectivity index (χ3v) is 3.64. The van der Waals surface area contributed by atoms with E-state index in [-0.39, 0.29) is 18.1 Å². The number of ether oxygens (including phenoxy) is 1. The Morgan fingerprint density at radius 3 is 2.46 bits per heavy atom. The van der Waals surface area contributed by atoms with Gasteiger partial charge in [0, 0.05) is 6.54 Å². The Balaban J connectivity index is 2.01. The normalized spacial score (nSPS) is 12.3. The number of hydrogen-bond acceptors (Lipinski definition) is 5. The molecule has 0 heterocycles. The number of nitrogens with zero attached hydrogens (tertiary/aromatic N) is 1. The lowest BCUT2D eigenvalue weighted by molar-refractivity contribution is 0.0827. The number of aliphatic hydroxyl groups is 1. The van der Waals surface area contributed by atoms with Crippen LogP contribution in [-0.4, -0.2) is 53.6 Å². The molecule has 0 saturated heterocycles. The summed E-state index contributed by atoms with van der Waals surface area (Å²) in [6.45, 7) is 0.721. The van der Waals surface area contributed by atoms with Gasteiger partial charge in [-0.25, -0.2) is 0 Å². The monoisotopic (exact) mass is 331 g/mol. The highest BCUT2D eigenvalue weighted by atomic mass is 16.5. The Kier molecular flexibility index (Phi) is 6.46. The van der Waals surface area contributed by atoms with Crippen molar-refractivity contribution in [1.82, 2.24) is 4.90 Å². The summed E-state index contributed by atoms with van der Waals surface area (Å²) in [6, 6.07) is 12.1. The molecule has 0 fully saturated rings. The van der Waals surface area contributed by atoms with E-state index in [1.54, 1.807) is 30.3 Å². The van der Waals surface area contributed by atoms with Crippen LogP contribution in [0.15, 0.2) is 42.5 Å². The molecule has 2 rings (SSSR count). The maximum Gasteiger partial charge on any atom is 0.122 e. The van der Waals surface area contributed by atoms with Crippen LogP contribution in [-0.2, 0) is 12.8 Å². The van der Waals surface area contributed by atoms with Crippen LogP contribution in [0.5, 0.6) is 17.2 Å². The molecule has 0 aliphatic rings. The van der Waals surface area contributed by atoms with E-state index in [0.717, 1.165) is 11.1 Å². The Bertz CT molecular complexity index is 658. The van der Waals surface area contributed by atoms with E-state index < -0.39 is 6.10 Å². The second kappa shape index (κ2) is 8.57. The van der Waals surface area contributed by atoms with E-state index >= 15 is 0 Å². The standard InChI is InChI=1S/C19H25NO4/c1-20(2)12-18(23)13-24-19-9-8-17(22)11-15(19)7-6-14-4-3-5-16(21)10-14/h3-5,8-11,18,21-23H,6-7,12-13H2,1-2H3/t18-/m0/s1. The second-order valence-electron chi connectivity index (χ2n) is 6.19. The zero-order valence-electron chi connectivity index (χ0n) is 14.1. The van der Waals surface area contributed by atoms with Crippen molar-refractivity contribution in [2.45, 2.75) is 18.9 Å². The van der Waals surface area contributed by atoms with Gasteiger partial charge in [-0.15, -0.1) is 0 Å². The lowest BCUT2D eigenvalue weighted by atomic mass is 10.0. The van der Waals surface area contributed by atoms with Gasteiger partial charge in [0.2, 0.25) is 0 Å². The Morgan fingerprint density at radius 2 is 1.75 bits per heavy atom. The highest BCUT2D eigenvalue weighted by molar-refractivity contribution is 5.40. The Labute approximate surface area is 142 Å². The molecule has 0 bridgehead atoms. The van der Waals surface area contributed by atoms with Crippen LogP contribution in [0, 0.1) is 0 Å². The predicted molar refractivity (Wildman–Crippen MR) is 93.7 cm³/mol. The van der Waals surface area contributed by atoms with Gasteiger partial charge in [-0.1, -0.05) is 12.1 Å². The van der Waals surface area contributed by atoms with Gasteiger partial charge >= 0.3 is 0 Å². The smallest absolute Gasteiger partial charge is 0.122 e. The maximum atomic E-state index is 9.92. The van der Waals surface area contributed by atoms with Crippen molar-refractivity contribution in [2.24, 2.45) is 0 Å². The molecule has 0 aliphatic carbocycles. The number of phenolic OH excluding ortho intramolecular Hbond substituents is 2. The van der Waals surface area contributed by atoms with E-state index in [2.05, 4.69) is 0 Å². The summed E-state index contributed by atoms with van der Waals surface area (Å²) >= 11 is 0. The minimum Gasteiger partial charge on any atom is -0.508 e. The fraction of sp³-hybridized carbons (Fsp3) is 0.368. The zero-order valence-corrected chi connectivity index (χ0v) is 14.1. The number of phenols is 2. The van der Waals surface area contributed by atoms with Crippen LogP contribution in [0.1, 0.15) is 11.1 Å². The number of benzene rings is 2. The van der Waals surface area contributed by atoms with Crippen LogP contribution in [0.3, 0.4) is 0 Å². The van der Waals surface area contributed by atoms with Crippen molar-refractivity contribution >= 4 is 0 Å². The highest BCUT2D eigenvalue weighted by Crippen LogP contribution is 2.25. The first kappa shape index (κ1) is 18.1. The van der Waals surface area contributed by atoms with Gasteiger partial charge in [-0.2, -0.15) is 0 Å². The molecule has 5 nitrogen and oxygen atoms in total. The van der Waals surface area contributed by atoms with Crippen molar-refractivity contribution in [3.05, 3.63) is 53.6 Å². The quantitative estimate of drug-likeness (QED) is 0.691. The summed E-state index contributed by atoms with van der Waals surface area (Å²) in [4.78, 5) is 1.90. The van der Waals surface area contributed by atoms with Gasteiger partial charge in [-0.05, 0) is 68.4 Å². The molecule has 24 heavy (non-hydrogen) atoms. The molecule has 0 unspecified atom stereocenters. The second-order valence-corrected chi connectivity index (χ2v) is 6.19. The van der Waals surface area contributed by atoms with Crippen molar-refractivity contribution < 1.29 is 20.1 Å². The van der Waals surface area contributed by atoms with Gasteiger partial charge in [0.05, 0.1) is 0 Å². The molecule has 130 valence electrons. The average Bonchev–Trinajstić information content (AvgIpc) is 2.51. The van der Waals surface area contributed by atoms with E-state index in [1.165, 1.54) is 0 Å². The van der Waals surface area contributed by atoms with Crippen molar-refractivity contribution in [3.63, 3.8) is 0 Å². The van der Waals surface area contributed by atoms with Gasteiger partial charge in [0.1, 0.15) is 30.0 Å².